The van der Waals surface area contributed by atoms with Gasteiger partial charge >= 0.3 is 0 Å². The Morgan fingerprint density at radius 3 is 1.94 bits per heavy atom. The second kappa shape index (κ2) is 20.4. The zero-order valence-electron chi connectivity index (χ0n) is 22.0. The Kier molecular flexibility index (Phi) is 17.6. The van der Waals surface area contributed by atoms with Crippen LogP contribution in [0.2, 0.25) is 0 Å². The van der Waals surface area contributed by atoms with Crippen LogP contribution in [-0.4, -0.2) is 43.2 Å². The minimum Gasteiger partial charge on any atom is -0.378 e. The van der Waals surface area contributed by atoms with Crippen molar-refractivity contribution in [2.75, 3.05) is 26.3 Å². The van der Waals surface area contributed by atoms with E-state index in [0.29, 0.717) is 6.61 Å². The monoisotopic (exact) mass is 490 g/mol. The van der Waals surface area contributed by atoms with Gasteiger partial charge in [-0.2, -0.15) is 0 Å². The van der Waals surface area contributed by atoms with Crippen LogP contribution in [-0.2, 0) is 15.3 Å². The molecule has 0 aliphatic carbocycles. The molecule has 0 amide bonds. The normalized spacial score (nSPS) is 14.1. The molecule has 2 rings (SSSR count). The van der Waals surface area contributed by atoms with Gasteiger partial charge < -0.3 is 8.92 Å². The summed E-state index contributed by atoms with van der Waals surface area (Å²) in [6, 6.07) is 8.63. The van der Waals surface area contributed by atoms with Gasteiger partial charge in [-0.15, -0.1) is 0 Å². The molecule has 34 heavy (non-hydrogen) atoms. The van der Waals surface area contributed by atoms with Crippen LogP contribution in [0.5, 0.6) is 0 Å². The first-order valence-corrected chi connectivity index (χ1v) is 14.7. The van der Waals surface area contributed by atoms with E-state index in [-0.39, 0.29) is 6.10 Å². The molecule has 1 aliphatic heterocycles. The number of thiol groups is 1. The summed E-state index contributed by atoms with van der Waals surface area (Å²) in [4.78, 5) is 0. The second-order valence-electron chi connectivity index (χ2n) is 10.2. The SMILES string of the molecule is CCCCCCCCCCCCCCCCCCOCC(C[N+]1=Cc2ccccc2CC1)OS. The number of rotatable bonds is 22. The second-order valence-corrected chi connectivity index (χ2v) is 10.4. The smallest absolute Gasteiger partial charge is 0.172 e. The predicted octanol–water partition coefficient (Wildman–Crippen LogP) is 8.18. The van der Waals surface area contributed by atoms with E-state index in [2.05, 4.69) is 54.9 Å². The molecule has 3 nitrogen and oxygen atoms in total. The molecule has 1 atom stereocenters. The molecular weight excluding hydrogens is 438 g/mol. The summed E-state index contributed by atoms with van der Waals surface area (Å²) >= 11 is 4.09. The van der Waals surface area contributed by atoms with Gasteiger partial charge in [0.1, 0.15) is 6.54 Å². The first kappa shape index (κ1) is 29.4. The molecule has 1 heterocycles. The van der Waals surface area contributed by atoms with Gasteiger partial charge in [0.15, 0.2) is 18.9 Å². The lowest BCUT2D eigenvalue weighted by atomic mass is 10.0. The highest BCUT2D eigenvalue weighted by Crippen LogP contribution is 2.14. The van der Waals surface area contributed by atoms with Crippen molar-refractivity contribution in [3.05, 3.63) is 35.4 Å². The van der Waals surface area contributed by atoms with E-state index < -0.39 is 0 Å². The van der Waals surface area contributed by atoms with Crippen molar-refractivity contribution in [3.8, 4) is 0 Å². The average Bonchev–Trinajstić information content (AvgIpc) is 2.87. The van der Waals surface area contributed by atoms with E-state index >= 15 is 0 Å². The number of benzene rings is 1. The van der Waals surface area contributed by atoms with Gasteiger partial charge in [-0.1, -0.05) is 121 Å². The maximum Gasteiger partial charge on any atom is 0.172 e. The van der Waals surface area contributed by atoms with Crippen molar-refractivity contribution < 1.29 is 13.5 Å². The van der Waals surface area contributed by atoms with Crippen LogP contribution in [0.1, 0.15) is 121 Å². The summed E-state index contributed by atoms with van der Waals surface area (Å²) < 4.78 is 13.6. The van der Waals surface area contributed by atoms with Gasteiger partial charge in [-0.3, -0.25) is 0 Å². The van der Waals surface area contributed by atoms with Crippen LogP contribution in [0.3, 0.4) is 0 Å². The van der Waals surface area contributed by atoms with Crippen molar-refractivity contribution in [1.29, 1.82) is 0 Å². The number of unbranched alkanes of at least 4 members (excludes halogenated alkanes) is 15. The molecule has 4 heteroatoms. The molecule has 0 N–H and O–H groups in total. The summed E-state index contributed by atoms with van der Waals surface area (Å²) in [5.74, 6) is 0. The molecule has 0 bridgehead atoms. The summed E-state index contributed by atoms with van der Waals surface area (Å²) in [5.41, 5.74) is 2.75. The molecule has 0 aromatic heterocycles. The van der Waals surface area contributed by atoms with E-state index in [4.69, 9.17) is 8.92 Å². The van der Waals surface area contributed by atoms with Gasteiger partial charge in [-0.05, 0) is 31.0 Å². The number of nitrogens with zero attached hydrogens (tertiary/aromatic N) is 1. The highest BCUT2D eigenvalue weighted by atomic mass is 32.1. The van der Waals surface area contributed by atoms with E-state index in [1.54, 1.807) is 0 Å². The topological polar surface area (TPSA) is 21.5 Å². The molecule has 0 spiro atoms. The first-order chi connectivity index (χ1) is 16.8. The zero-order chi connectivity index (χ0) is 24.1. The number of fused-ring (bicyclic) bond motifs is 1. The Balaban J connectivity index is 1.35. The summed E-state index contributed by atoms with van der Waals surface area (Å²) in [7, 11) is 0. The third-order valence-corrected chi connectivity index (χ3v) is 7.38. The molecule has 0 fully saturated rings. The number of hydrogen-bond acceptors (Lipinski definition) is 3. The van der Waals surface area contributed by atoms with Crippen LogP contribution in [0, 0.1) is 0 Å². The molecular formula is C30H52NO2S+. The molecule has 1 aromatic carbocycles. The lowest BCUT2D eigenvalue weighted by Crippen LogP contribution is -2.33. The van der Waals surface area contributed by atoms with E-state index in [1.165, 1.54) is 107 Å². The predicted molar refractivity (Wildman–Crippen MR) is 150 cm³/mol. The average molecular weight is 491 g/mol. The fourth-order valence-electron chi connectivity index (χ4n) is 4.90. The summed E-state index contributed by atoms with van der Waals surface area (Å²) in [6.07, 6.45) is 25.7. The van der Waals surface area contributed by atoms with Gasteiger partial charge in [0, 0.05) is 18.6 Å². The van der Waals surface area contributed by atoms with Crippen LogP contribution in [0.25, 0.3) is 0 Å². The fraction of sp³-hybridized carbons (Fsp3) is 0.767. The lowest BCUT2D eigenvalue weighted by molar-refractivity contribution is -0.532. The Hall–Kier alpha value is -0.840. The minimum absolute atomic E-state index is 0.00547. The quantitative estimate of drug-likeness (QED) is 0.0765. The van der Waals surface area contributed by atoms with Gasteiger partial charge in [-0.25, -0.2) is 4.58 Å². The molecule has 194 valence electrons. The van der Waals surface area contributed by atoms with Gasteiger partial charge in [0.05, 0.1) is 6.61 Å². The van der Waals surface area contributed by atoms with Gasteiger partial charge in [0.25, 0.3) is 0 Å². The summed E-state index contributed by atoms with van der Waals surface area (Å²) in [6.45, 7) is 5.61. The first-order valence-electron chi connectivity index (χ1n) is 14.4. The van der Waals surface area contributed by atoms with Crippen molar-refractivity contribution >= 4 is 19.1 Å². The maximum absolute atomic E-state index is 5.90. The fourth-order valence-corrected chi connectivity index (χ4v) is 5.03. The number of hydrogen-bond donors (Lipinski definition) is 1. The van der Waals surface area contributed by atoms with Gasteiger partial charge in [0.2, 0.25) is 0 Å². The maximum atomic E-state index is 5.90. The Morgan fingerprint density at radius 2 is 1.35 bits per heavy atom. The van der Waals surface area contributed by atoms with E-state index in [1.807, 2.05) is 0 Å². The molecule has 0 saturated heterocycles. The largest absolute Gasteiger partial charge is 0.378 e. The van der Waals surface area contributed by atoms with Crippen LogP contribution in [0.15, 0.2) is 24.3 Å². The zero-order valence-corrected chi connectivity index (χ0v) is 22.9. The lowest BCUT2D eigenvalue weighted by Gasteiger charge is -2.17. The third kappa shape index (κ3) is 13.9. The minimum atomic E-state index is 0.00547. The molecule has 0 radical (unpaired) electrons. The highest BCUT2D eigenvalue weighted by Gasteiger charge is 2.20. The van der Waals surface area contributed by atoms with Crippen molar-refractivity contribution in [1.82, 2.24) is 0 Å². The van der Waals surface area contributed by atoms with E-state index in [0.717, 1.165) is 32.5 Å². The highest BCUT2D eigenvalue weighted by molar-refractivity contribution is 7.75. The number of ether oxygens (including phenoxy) is 1. The Bertz CT molecular complexity index is 648. The van der Waals surface area contributed by atoms with Crippen molar-refractivity contribution in [3.63, 3.8) is 0 Å². The van der Waals surface area contributed by atoms with Crippen LogP contribution in [0.4, 0.5) is 0 Å². The third-order valence-electron chi connectivity index (χ3n) is 7.08. The van der Waals surface area contributed by atoms with Crippen LogP contribution >= 0.6 is 12.9 Å². The molecule has 1 aromatic rings. The molecule has 1 aliphatic rings. The molecule has 0 saturated carbocycles. The molecule has 1 unspecified atom stereocenters. The van der Waals surface area contributed by atoms with Crippen molar-refractivity contribution in [2.45, 2.75) is 122 Å². The Morgan fingerprint density at radius 1 is 0.794 bits per heavy atom. The summed E-state index contributed by atoms with van der Waals surface area (Å²) in [5, 5.41) is 0. The van der Waals surface area contributed by atoms with E-state index in [9.17, 15) is 0 Å². The van der Waals surface area contributed by atoms with Crippen LogP contribution < -0.4 is 0 Å². The standard InChI is InChI=1S/C30H51NO2S/c1-2-3-4-5-6-7-8-9-10-11-12-13-14-15-16-19-24-32-27-30(33-34)26-31-23-22-28-20-17-18-21-29(28)25-31/h17-18,20-21,25,30H,2-16,19,22-24,26-27H2,1H3/p+1. The Labute approximate surface area is 216 Å². The van der Waals surface area contributed by atoms with Crippen molar-refractivity contribution in [2.24, 2.45) is 0 Å².